The fraction of sp³-hybridized carbons (Fsp3) is 0.0714. The van der Waals surface area contributed by atoms with Crippen LogP contribution < -0.4 is 11.3 Å². The van der Waals surface area contributed by atoms with Crippen LogP contribution in [-0.4, -0.2) is 5.84 Å². The summed E-state index contributed by atoms with van der Waals surface area (Å²) in [5, 5.41) is -0.0267. The van der Waals surface area contributed by atoms with E-state index in [2.05, 4.69) is 10.4 Å². The maximum Gasteiger partial charge on any atom is 0.418 e. The minimum Gasteiger partial charge on any atom is -0.308 e. The molecule has 3 N–H and O–H groups in total. The number of hydrazine groups is 1. The Kier molecular flexibility index (Phi) is 4.68. The van der Waals surface area contributed by atoms with Crippen molar-refractivity contribution in [3.8, 4) is 0 Å². The maximum absolute atomic E-state index is 13.8. The number of halogens is 5. The molecule has 22 heavy (non-hydrogen) atoms. The number of benzene rings is 2. The Balaban J connectivity index is 2.61. The van der Waals surface area contributed by atoms with E-state index in [-0.39, 0.29) is 16.4 Å². The van der Waals surface area contributed by atoms with Crippen molar-refractivity contribution >= 4 is 23.1 Å². The Bertz CT molecular complexity index is 693. The molecule has 2 aromatic rings. The second-order valence-corrected chi connectivity index (χ2v) is 4.62. The van der Waals surface area contributed by atoms with Crippen molar-refractivity contribution in [1.82, 2.24) is 5.43 Å². The van der Waals surface area contributed by atoms with Crippen molar-refractivity contribution in [3.05, 3.63) is 64.4 Å². The minimum atomic E-state index is -4.60. The van der Waals surface area contributed by atoms with Gasteiger partial charge < -0.3 is 5.43 Å². The van der Waals surface area contributed by atoms with E-state index < -0.39 is 23.2 Å². The molecule has 0 bridgehead atoms. The second-order valence-electron chi connectivity index (χ2n) is 4.22. The lowest BCUT2D eigenvalue weighted by Crippen LogP contribution is -2.32. The number of aliphatic imine (C=N–C) groups is 1. The Labute approximate surface area is 128 Å². The van der Waals surface area contributed by atoms with Crippen LogP contribution in [0.3, 0.4) is 0 Å². The van der Waals surface area contributed by atoms with Gasteiger partial charge in [0.15, 0.2) is 5.84 Å². The predicted molar refractivity (Wildman–Crippen MR) is 76.4 cm³/mol. The van der Waals surface area contributed by atoms with E-state index in [0.29, 0.717) is 0 Å². The number of rotatable bonds is 2. The van der Waals surface area contributed by atoms with Gasteiger partial charge in [0.2, 0.25) is 0 Å². The third kappa shape index (κ3) is 3.37. The molecule has 0 amide bonds. The lowest BCUT2D eigenvalue weighted by molar-refractivity contribution is -0.137. The van der Waals surface area contributed by atoms with E-state index in [4.69, 9.17) is 17.4 Å². The standard InChI is InChI=1S/C14H10ClF4N3/c15-9-5-3-6-10(16)12(9)13(22-20)21-11-7-2-1-4-8(11)14(17,18)19/h1-7H,20H2,(H,21,22). The number of para-hydroxylation sites is 1. The molecule has 0 atom stereocenters. The molecule has 0 spiro atoms. The molecular weight excluding hydrogens is 322 g/mol. The van der Waals surface area contributed by atoms with Gasteiger partial charge in [-0.3, -0.25) is 0 Å². The lowest BCUT2D eigenvalue weighted by atomic mass is 10.1. The molecule has 0 aliphatic rings. The zero-order valence-corrected chi connectivity index (χ0v) is 11.7. The van der Waals surface area contributed by atoms with Crippen molar-refractivity contribution in [2.75, 3.05) is 0 Å². The van der Waals surface area contributed by atoms with Crippen LogP contribution in [-0.2, 0) is 6.18 Å². The smallest absolute Gasteiger partial charge is 0.308 e. The lowest BCUT2D eigenvalue weighted by Gasteiger charge is -2.12. The summed E-state index contributed by atoms with van der Waals surface area (Å²) in [6, 6.07) is 8.47. The van der Waals surface area contributed by atoms with Crippen LogP contribution in [0, 0.1) is 5.82 Å². The van der Waals surface area contributed by atoms with Crippen LogP contribution in [0.4, 0.5) is 23.2 Å². The van der Waals surface area contributed by atoms with Crippen LogP contribution in [0.5, 0.6) is 0 Å². The first kappa shape index (κ1) is 16.3. The van der Waals surface area contributed by atoms with Crippen molar-refractivity contribution in [1.29, 1.82) is 0 Å². The Morgan fingerprint density at radius 1 is 1.09 bits per heavy atom. The van der Waals surface area contributed by atoms with Crippen LogP contribution in [0.15, 0.2) is 47.5 Å². The maximum atomic E-state index is 13.8. The number of amidine groups is 1. The molecule has 2 rings (SSSR count). The van der Waals surface area contributed by atoms with Crippen LogP contribution >= 0.6 is 11.6 Å². The summed E-state index contributed by atoms with van der Waals surface area (Å²) < 4.78 is 52.7. The van der Waals surface area contributed by atoms with Gasteiger partial charge in [-0.2, -0.15) is 13.2 Å². The van der Waals surface area contributed by atoms with E-state index in [1.165, 1.54) is 24.3 Å². The average Bonchev–Trinajstić information content (AvgIpc) is 2.45. The third-order valence-corrected chi connectivity index (χ3v) is 3.09. The normalized spacial score (nSPS) is 12.4. The van der Waals surface area contributed by atoms with Gasteiger partial charge in [-0.15, -0.1) is 0 Å². The molecular formula is C14H10ClF4N3. The predicted octanol–water partition coefficient (Wildman–Crippen LogP) is 4.04. The molecule has 0 radical (unpaired) electrons. The topological polar surface area (TPSA) is 50.4 Å². The zero-order valence-electron chi connectivity index (χ0n) is 11.0. The fourth-order valence-corrected chi connectivity index (χ4v) is 2.07. The highest BCUT2D eigenvalue weighted by atomic mass is 35.5. The molecule has 8 heteroatoms. The molecule has 2 aromatic carbocycles. The van der Waals surface area contributed by atoms with Crippen molar-refractivity contribution in [3.63, 3.8) is 0 Å². The molecule has 0 aliphatic heterocycles. The monoisotopic (exact) mass is 331 g/mol. The number of nitrogens with one attached hydrogen (secondary N) is 1. The van der Waals surface area contributed by atoms with Gasteiger partial charge in [0.05, 0.1) is 21.8 Å². The van der Waals surface area contributed by atoms with E-state index in [1.807, 2.05) is 0 Å². The van der Waals surface area contributed by atoms with Crippen LogP contribution in [0.2, 0.25) is 5.02 Å². The summed E-state index contributed by atoms with van der Waals surface area (Å²) in [6.45, 7) is 0. The van der Waals surface area contributed by atoms with Gasteiger partial charge in [-0.05, 0) is 24.3 Å². The Morgan fingerprint density at radius 2 is 1.77 bits per heavy atom. The molecule has 0 saturated carbocycles. The van der Waals surface area contributed by atoms with Crippen molar-refractivity contribution in [2.45, 2.75) is 6.18 Å². The fourth-order valence-electron chi connectivity index (χ4n) is 1.82. The van der Waals surface area contributed by atoms with E-state index in [0.717, 1.165) is 18.2 Å². The summed E-state index contributed by atoms with van der Waals surface area (Å²) in [6.07, 6.45) is -4.60. The highest BCUT2D eigenvalue weighted by molar-refractivity contribution is 6.34. The number of hydrogen-bond donors (Lipinski definition) is 2. The Hall–Kier alpha value is -2.12. The third-order valence-electron chi connectivity index (χ3n) is 2.78. The molecule has 3 nitrogen and oxygen atoms in total. The van der Waals surface area contributed by atoms with E-state index >= 15 is 0 Å². The molecule has 116 valence electrons. The average molecular weight is 332 g/mol. The molecule has 0 fully saturated rings. The van der Waals surface area contributed by atoms with Gasteiger partial charge in [-0.1, -0.05) is 29.8 Å². The Morgan fingerprint density at radius 3 is 2.36 bits per heavy atom. The first-order chi connectivity index (χ1) is 10.3. The number of nitrogens with zero attached hydrogens (tertiary/aromatic N) is 1. The number of alkyl halides is 3. The van der Waals surface area contributed by atoms with E-state index in [1.54, 1.807) is 0 Å². The quantitative estimate of drug-likeness (QED) is 0.287. The minimum absolute atomic E-state index is 0.0267. The number of hydrogen-bond acceptors (Lipinski definition) is 2. The first-order valence-electron chi connectivity index (χ1n) is 6.00. The molecule has 0 unspecified atom stereocenters. The van der Waals surface area contributed by atoms with Crippen LogP contribution in [0.1, 0.15) is 11.1 Å². The first-order valence-corrected chi connectivity index (χ1v) is 6.38. The van der Waals surface area contributed by atoms with Crippen LogP contribution in [0.25, 0.3) is 0 Å². The van der Waals surface area contributed by atoms with Gasteiger partial charge in [0.25, 0.3) is 0 Å². The molecule has 0 heterocycles. The summed E-state index contributed by atoms with van der Waals surface area (Å²) in [5.41, 5.74) is 0.517. The van der Waals surface area contributed by atoms with Crippen molar-refractivity contribution in [2.24, 2.45) is 10.8 Å². The van der Waals surface area contributed by atoms with Crippen molar-refractivity contribution < 1.29 is 17.6 Å². The summed E-state index contributed by atoms with van der Waals surface area (Å²) >= 11 is 5.86. The number of nitrogens with two attached hydrogens (primary N) is 1. The summed E-state index contributed by atoms with van der Waals surface area (Å²) in [7, 11) is 0. The van der Waals surface area contributed by atoms with Gasteiger partial charge in [0, 0.05) is 0 Å². The van der Waals surface area contributed by atoms with Gasteiger partial charge in [0.1, 0.15) is 5.82 Å². The summed E-state index contributed by atoms with van der Waals surface area (Å²) in [4.78, 5) is 3.77. The van der Waals surface area contributed by atoms with Gasteiger partial charge >= 0.3 is 6.18 Å². The SMILES string of the molecule is NNC(=Nc1ccccc1C(F)(F)F)c1c(F)cccc1Cl. The summed E-state index contributed by atoms with van der Waals surface area (Å²) in [5.74, 6) is 4.20. The largest absolute Gasteiger partial charge is 0.418 e. The van der Waals surface area contributed by atoms with E-state index in [9.17, 15) is 17.6 Å². The molecule has 0 aliphatic carbocycles. The molecule has 0 aromatic heterocycles. The highest BCUT2D eigenvalue weighted by Gasteiger charge is 2.33. The van der Waals surface area contributed by atoms with Gasteiger partial charge in [-0.25, -0.2) is 15.2 Å². The zero-order chi connectivity index (χ0) is 16.3. The second kappa shape index (κ2) is 6.33. The highest BCUT2D eigenvalue weighted by Crippen LogP contribution is 2.36. The molecule has 0 saturated heterocycles.